The first-order valence-electron chi connectivity index (χ1n) is 10.3. The largest absolute Gasteiger partial charge is 0.465 e. The normalized spacial score (nSPS) is 17.1. The maximum Gasteiger partial charge on any atom is 0.337 e. The van der Waals surface area contributed by atoms with Gasteiger partial charge in [-0.2, -0.15) is 0 Å². The van der Waals surface area contributed by atoms with Crippen molar-refractivity contribution < 1.29 is 19.1 Å². The Balaban J connectivity index is 2.04. The number of hydrogen-bond acceptors (Lipinski definition) is 4. The van der Waals surface area contributed by atoms with Crippen molar-refractivity contribution in [1.82, 2.24) is 0 Å². The van der Waals surface area contributed by atoms with E-state index >= 15 is 0 Å². The lowest BCUT2D eigenvalue weighted by molar-refractivity contribution is -0.134. The van der Waals surface area contributed by atoms with Crippen LogP contribution in [0.1, 0.15) is 80.1 Å². The van der Waals surface area contributed by atoms with E-state index in [0.29, 0.717) is 11.3 Å². The molecule has 0 saturated carbocycles. The minimum Gasteiger partial charge on any atom is -0.465 e. The van der Waals surface area contributed by atoms with Gasteiger partial charge in [-0.25, -0.2) is 4.79 Å². The van der Waals surface area contributed by atoms with E-state index < -0.39 is 11.9 Å². The van der Waals surface area contributed by atoms with Crippen LogP contribution in [0.25, 0.3) is 11.8 Å². The third kappa shape index (κ3) is 4.48. The van der Waals surface area contributed by atoms with Gasteiger partial charge in [0.25, 0.3) is 0 Å². The standard InChI is InChI=1S/C26H30O4/c1-17(27)30-23(19-8-10-20(11-9-19)24(28)29-6)16-18-7-12-21-22(15-18)26(4,5)14-13-25(21,2)3/h7-12,15-16H,13-14H2,1-6H3. The monoisotopic (exact) mass is 406 g/mol. The first-order valence-corrected chi connectivity index (χ1v) is 10.3. The fourth-order valence-electron chi connectivity index (χ4n) is 4.06. The summed E-state index contributed by atoms with van der Waals surface area (Å²) in [5, 5.41) is 0. The summed E-state index contributed by atoms with van der Waals surface area (Å²) in [6, 6.07) is 13.3. The molecule has 0 saturated heterocycles. The number of carbonyl (C=O) groups is 2. The van der Waals surface area contributed by atoms with Crippen molar-refractivity contribution in [3.63, 3.8) is 0 Å². The third-order valence-corrected chi connectivity index (χ3v) is 6.02. The van der Waals surface area contributed by atoms with Crippen molar-refractivity contribution in [2.24, 2.45) is 0 Å². The Kier molecular flexibility index (Phi) is 5.89. The van der Waals surface area contributed by atoms with Crippen LogP contribution in [0.4, 0.5) is 0 Å². The molecule has 4 nitrogen and oxygen atoms in total. The van der Waals surface area contributed by atoms with Gasteiger partial charge in [0.1, 0.15) is 5.76 Å². The maximum absolute atomic E-state index is 11.7. The highest BCUT2D eigenvalue weighted by Crippen LogP contribution is 2.46. The molecule has 1 aliphatic carbocycles. The highest BCUT2D eigenvalue weighted by molar-refractivity contribution is 5.90. The topological polar surface area (TPSA) is 52.6 Å². The minimum atomic E-state index is -0.404. The highest BCUT2D eigenvalue weighted by Gasteiger charge is 2.36. The fourth-order valence-corrected chi connectivity index (χ4v) is 4.06. The van der Waals surface area contributed by atoms with Crippen molar-refractivity contribution in [1.29, 1.82) is 0 Å². The van der Waals surface area contributed by atoms with Crippen LogP contribution >= 0.6 is 0 Å². The van der Waals surface area contributed by atoms with Gasteiger partial charge in [-0.1, -0.05) is 58.0 Å². The quantitative estimate of drug-likeness (QED) is 0.361. The van der Waals surface area contributed by atoms with Gasteiger partial charge < -0.3 is 9.47 Å². The van der Waals surface area contributed by atoms with Crippen molar-refractivity contribution >= 4 is 23.8 Å². The van der Waals surface area contributed by atoms with Gasteiger partial charge in [-0.3, -0.25) is 4.79 Å². The third-order valence-electron chi connectivity index (χ3n) is 6.02. The Labute approximate surface area is 178 Å². The molecule has 158 valence electrons. The molecule has 0 unspecified atom stereocenters. The fraction of sp³-hybridized carbons (Fsp3) is 0.385. The Morgan fingerprint density at radius 3 is 2.00 bits per heavy atom. The van der Waals surface area contributed by atoms with Gasteiger partial charge in [0.15, 0.2) is 0 Å². The summed E-state index contributed by atoms with van der Waals surface area (Å²) in [6.45, 7) is 10.5. The molecular formula is C26H30O4. The molecule has 1 aliphatic rings. The molecule has 0 spiro atoms. The van der Waals surface area contributed by atoms with E-state index in [9.17, 15) is 9.59 Å². The van der Waals surface area contributed by atoms with Gasteiger partial charge in [-0.05, 0) is 58.6 Å². The zero-order chi connectivity index (χ0) is 22.1. The Morgan fingerprint density at radius 2 is 1.43 bits per heavy atom. The van der Waals surface area contributed by atoms with Crippen molar-refractivity contribution in [3.8, 4) is 0 Å². The number of benzene rings is 2. The lowest BCUT2D eigenvalue weighted by Crippen LogP contribution is -2.33. The maximum atomic E-state index is 11.7. The van der Waals surface area contributed by atoms with Gasteiger partial charge in [0, 0.05) is 12.5 Å². The lowest BCUT2D eigenvalue weighted by atomic mass is 9.63. The molecule has 0 radical (unpaired) electrons. The molecular weight excluding hydrogens is 376 g/mol. The molecule has 0 atom stereocenters. The SMILES string of the molecule is COC(=O)c1ccc(C(=Cc2ccc3c(c2)C(C)(C)CCC3(C)C)OC(C)=O)cc1. The number of rotatable bonds is 4. The van der Waals surface area contributed by atoms with E-state index in [4.69, 9.17) is 9.47 Å². The summed E-state index contributed by atoms with van der Waals surface area (Å²) in [5.41, 5.74) is 5.11. The minimum absolute atomic E-state index is 0.0957. The summed E-state index contributed by atoms with van der Waals surface area (Å²) in [4.78, 5) is 23.4. The lowest BCUT2D eigenvalue weighted by Gasteiger charge is -2.42. The smallest absolute Gasteiger partial charge is 0.337 e. The van der Waals surface area contributed by atoms with Crippen LogP contribution in [0, 0.1) is 0 Å². The van der Waals surface area contributed by atoms with Crippen LogP contribution < -0.4 is 0 Å². The van der Waals surface area contributed by atoms with E-state index in [1.807, 2.05) is 6.08 Å². The summed E-state index contributed by atoms with van der Waals surface area (Å²) < 4.78 is 10.3. The predicted octanol–water partition coefficient (Wildman–Crippen LogP) is 5.88. The molecule has 0 bridgehead atoms. The summed E-state index contributed by atoms with van der Waals surface area (Å²) in [5.74, 6) is -0.344. The average Bonchev–Trinajstić information content (AvgIpc) is 2.70. The summed E-state index contributed by atoms with van der Waals surface area (Å²) in [6.07, 6.45) is 4.17. The molecule has 0 fully saturated rings. The Bertz CT molecular complexity index is 994. The Morgan fingerprint density at radius 1 is 0.867 bits per heavy atom. The zero-order valence-electron chi connectivity index (χ0n) is 18.7. The van der Waals surface area contributed by atoms with E-state index in [1.165, 1.54) is 25.2 Å². The van der Waals surface area contributed by atoms with Crippen LogP contribution in [0.3, 0.4) is 0 Å². The van der Waals surface area contributed by atoms with Gasteiger partial charge >= 0.3 is 11.9 Å². The van der Waals surface area contributed by atoms with Crippen LogP contribution in [0.2, 0.25) is 0 Å². The second-order valence-electron chi connectivity index (χ2n) is 9.24. The second-order valence-corrected chi connectivity index (χ2v) is 9.24. The first-order chi connectivity index (χ1) is 14.0. The van der Waals surface area contributed by atoms with Crippen molar-refractivity contribution in [2.45, 2.75) is 58.3 Å². The zero-order valence-corrected chi connectivity index (χ0v) is 18.7. The molecule has 30 heavy (non-hydrogen) atoms. The summed E-state index contributed by atoms with van der Waals surface area (Å²) in [7, 11) is 1.35. The van der Waals surface area contributed by atoms with E-state index in [-0.39, 0.29) is 10.8 Å². The van der Waals surface area contributed by atoms with Crippen LogP contribution in [-0.2, 0) is 25.1 Å². The molecule has 0 N–H and O–H groups in total. The van der Waals surface area contributed by atoms with E-state index in [2.05, 4.69) is 45.9 Å². The molecule has 0 amide bonds. The Hall–Kier alpha value is -2.88. The number of hydrogen-bond donors (Lipinski definition) is 0. The van der Waals surface area contributed by atoms with Crippen LogP contribution in [0.5, 0.6) is 0 Å². The molecule has 0 heterocycles. The van der Waals surface area contributed by atoms with Crippen molar-refractivity contribution in [2.75, 3.05) is 7.11 Å². The molecule has 0 aliphatic heterocycles. The highest BCUT2D eigenvalue weighted by atomic mass is 16.5. The number of carbonyl (C=O) groups excluding carboxylic acids is 2. The summed E-state index contributed by atoms with van der Waals surface area (Å²) >= 11 is 0. The molecule has 0 aromatic heterocycles. The number of esters is 2. The second kappa shape index (κ2) is 8.10. The van der Waals surface area contributed by atoms with E-state index in [0.717, 1.165) is 24.0 Å². The predicted molar refractivity (Wildman–Crippen MR) is 119 cm³/mol. The molecule has 4 heteroatoms. The van der Waals surface area contributed by atoms with Crippen molar-refractivity contribution in [3.05, 3.63) is 70.3 Å². The molecule has 2 aromatic rings. The number of ether oxygens (including phenoxy) is 2. The molecule has 3 rings (SSSR count). The molecule has 2 aromatic carbocycles. The first kappa shape index (κ1) is 21.8. The number of methoxy groups -OCH3 is 1. The number of fused-ring (bicyclic) bond motifs is 1. The van der Waals surface area contributed by atoms with Gasteiger partial charge in [0.2, 0.25) is 0 Å². The average molecular weight is 407 g/mol. The van der Waals surface area contributed by atoms with Gasteiger partial charge in [0.05, 0.1) is 12.7 Å². The van der Waals surface area contributed by atoms with Gasteiger partial charge in [-0.15, -0.1) is 0 Å². The van der Waals surface area contributed by atoms with Crippen LogP contribution in [-0.4, -0.2) is 19.0 Å². The van der Waals surface area contributed by atoms with Crippen LogP contribution in [0.15, 0.2) is 42.5 Å². The van der Waals surface area contributed by atoms with E-state index in [1.54, 1.807) is 24.3 Å².